The van der Waals surface area contributed by atoms with Crippen LogP contribution in [0.2, 0.25) is 0 Å². The molecule has 120 valence electrons. The standard InChI is InChI=1S/C17H29BrN2S/c1-2-3-4-5-6-7-8-11-15(20-19)14-21-17-13-10-9-12-16(17)18/h9-10,12-13,15,20H,2-8,11,14,19H2,1H3. The average Bonchev–Trinajstić information content (AvgIpc) is 2.51. The lowest BCUT2D eigenvalue weighted by Gasteiger charge is -2.15. The molecule has 1 rings (SSSR count). The van der Waals surface area contributed by atoms with Gasteiger partial charge in [0.2, 0.25) is 0 Å². The van der Waals surface area contributed by atoms with Crippen LogP contribution in [0.25, 0.3) is 0 Å². The summed E-state index contributed by atoms with van der Waals surface area (Å²) in [4.78, 5) is 1.29. The minimum atomic E-state index is 0.401. The molecule has 2 nitrogen and oxygen atoms in total. The van der Waals surface area contributed by atoms with Gasteiger partial charge in [-0.2, -0.15) is 0 Å². The van der Waals surface area contributed by atoms with Crippen molar-refractivity contribution < 1.29 is 0 Å². The summed E-state index contributed by atoms with van der Waals surface area (Å²) in [5.41, 5.74) is 2.97. The van der Waals surface area contributed by atoms with Crippen molar-refractivity contribution in [1.82, 2.24) is 5.43 Å². The molecule has 0 heterocycles. The summed E-state index contributed by atoms with van der Waals surface area (Å²) in [6, 6.07) is 8.76. The van der Waals surface area contributed by atoms with E-state index in [1.807, 2.05) is 17.8 Å². The van der Waals surface area contributed by atoms with Gasteiger partial charge in [-0.05, 0) is 34.5 Å². The van der Waals surface area contributed by atoms with Crippen LogP contribution < -0.4 is 11.3 Å². The van der Waals surface area contributed by atoms with Gasteiger partial charge in [-0.3, -0.25) is 11.3 Å². The maximum absolute atomic E-state index is 5.68. The second-order valence-electron chi connectivity index (χ2n) is 5.52. The molecule has 0 fully saturated rings. The summed E-state index contributed by atoms with van der Waals surface area (Å²) in [6.45, 7) is 2.26. The van der Waals surface area contributed by atoms with Gasteiger partial charge in [0.25, 0.3) is 0 Å². The zero-order valence-electron chi connectivity index (χ0n) is 13.1. The van der Waals surface area contributed by atoms with E-state index in [1.54, 1.807) is 0 Å². The molecule has 1 unspecified atom stereocenters. The van der Waals surface area contributed by atoms with Crippen LogP contribution in [-0.4, -0.2) is 11.8 Å². The molecule has 0 saturated carbocycles. The van der Waals surface area contributed by atoms with Crippen molar-refractivity contribution in [3.8, 4) is 0 Å². The Hall–Kier alpha value is -0.0300. The molecule has 0 amide bonds. The first-order valence-electron chi connectivity index (χ1n) is 8.11. The Morgan fingerprint density at radius 1 is 1.10 bits per heavy atom. The van der Waals surface area contributed by atoms with Gasteiger partial charge in [-0.15, -0.1) is 11.8 Å². The zero-order chi connectivity index (χ0) is 15.3. The van der Waals surface area contributed by atoms with Crippen molar-refractivity contribution >= 4 is 27.7 Å². The molecule has 21 heavy (non-hydrogen) atoms. The minimum absolute atomic E-state index is 0.401. The number of thioether (sulfide) groups is 1. The molecule has 1 aromatic rings. The summed E-state index contributed by atoms with van der Waals surface area (Å²) in [6.07, 6.45) is 10.6. The number of unbranched alkanes of at least 4 members (excludes halogenated alkanes) is 6. The molecule has 0 saturated heterocycles. The van der Waals surface area contributed by atoms with Gasteiger partial charge in [0.15, 0.2) is 0 Å². The van der Waals surface area contributed by atoms with Gasteiger partial charge in [0.05, 0.1) is 0 Å². The third-order valence-electron chi connectivity index (χ3n) is 3.67. The Morgan fingerprint density at radius 3 is 2.43 bits per heavy atom. The van der Waals surface area contributed by atoms with E-state index in [0.29, 0.717) is 6.04 Å². The quantitative estimate of drug-likeness (QED) is 0.219. The van der Waals surface area contributed by atoms with Crippen LogP contribution in [0.3, 0.4) is 0 Å². The maximum atomic E-state index is 5.68. The number of hydrogen-bond acceptors (Lipinski definition) is 3. The predicted octanol–water partition coefficient (Wildman–Crippen LogP) is 5.51. The molecule has 1 atom stereocenters. The Bertz CT molecular complexity index is 374. The van der Waals surface area contributed by atoms with E-state index in [4.69, 9.17) is 5.84 Å². The number of benzene rings is 1. The Labute approximate surface area is 142 Å². The highest BCUT2D eigenvalue weighted by molar-refractivity contribution is 9.10. The van der Waals surface area contributed by atoms with Crippen molar-refractivity contribution in [2.75, 3.05) is 5.75 Å². The molecular weight excluding hydrogens is 344 g/mol. The van der Waals surface area contributed by atoms with Crippen LogP contribution in [0.1, 0.15) is 58.3 Å². The van der Waals surface area contributed by atoms with Crippen LogP contribution in [0, 0.1) is 0 Å². The zero-order valence-corrected chi connectivity index (χ0v) is 15.5. The maximum Gasteiger partial charge on any atom is 0.0311 e. The van der Waals surface area contributed by atoms with E-state index in [9.17, 15) is 0 Å². The highest BCUT2D eigenvalue weighted by Gasteiger charge is 2.08. The predicted molar refractivity (Wildman–Crippen MR) is 98.6 cm³/mol. The molecule has 0 aliphatic carbocycles. The molecule has 3 N–H and O–H groups in total. The van der Waals surface area contributed by atoms with Crippen molar-refractivity contribution in [3.05, 3.63) is 28.7 Å². The third kappa shape index (κ3) is 8.87. The summed E-state index contributed by atoms with van der Waals surface area (Å²) < 4.78 is 1.17. The van der Waals surface area contributed by atoms with E-state index >= 15 is 0 Å². The average molecular weight is 373 g/mol. The SMILES string of the molecule is CCCCCCCCCC(CSc1ccccc1Br)NN. The van der Waals surface area contributed by atoms with Gasteiger partial charge >= 0.3 is 0 Å². The number of hydrazine groups is 1. The lowest BCUT2D eigenvalue weighted by molar-refractivity contribution is 0.492. The monoisotopic (exact) mass is 372 g/mol. The van der Waals surface area contributed by atoms with Gasteiger partial charge in [-0.1, -0.05) is 64.0 Å². The first-order chi connectivity index (χ1) is 10.3. The fourth-order valence-corrected chi connectivity index (χ4v) is 3.97. The van der Waals surface area contributed by atoms with E-state index in [2.05, 4.69) is 46.5 Å². The number of rotatable bonds is 12. The molecule has 0 spiro atoms. The summed E-state index contributed by atoms with van der Waals surface area (Å²) in [5, 5.41) is 0. The number of halogens is 1. The second kappa shape index (κ2) is 12.5. The van der Waals surface area contributed by atoms with Crippen LogP contribution in [0.15, 0.2) is 33.6 Å². The van der Waals surface area contributed by atoms with Gasteiger partial charge in [0.1, 0.15) is 0 Å². The molecule has 0 aromatic heterocycles. The lowest BCUT2D eigenvalue weighted by atomic mass is 10.1. The number of nitrogens with two attached hydrogens (primary N) is 1. The second-order valence-corrected chi connectivity index (χ2v) is 7.43. The number of hydrogen-bond donors (Lipinski definition) is 2. The molecule has 0 radical (unpaired) electrons. The highest BCUT2D eigenvalue weighted by Crippen LogP contribution is 2.28. The van der Waals surface area contributed by atoms with Crippen LogP contribution >= 0.6 is 27.7 Å². The first kappa shape index (κ1) is 19.0. The fourth-order valence-electron chi connectivity index (χ4n) is 2.31. The normalized spacial score (nSPS) is 12.5. The smallest absolute Gasteiger partial charge is 0.0311 e. The van der Waals surface area contributed by atoms with E-state index in [1.165, 1.54) is 60.7 Å². The van der Waals surface area contributed by atoms with Crippen molar-refractivity contribution in [1.29, 1.82) is 0 Å². The summed E-state index contributed by atoms with van der Waals surface area (Å²) in [5.74, 6) is 6.70. The molecule has 4 heteroatoms. The van der Waals surface area contributed by atoms with E-state index < -0.39 is 0 Å². The molecule has 0 aliphatic rings. The van der Waals surface area contributed by atoms with E-state index in [0.717, 1.165) is 5.75 Å². The van der Waals surface area contributed by atoms with Crippen LogP contribution in [-0.2, 0) is 0 Å². The first-order valence-corrected chi connectivity index (χ1v) is 9.89. The van der Waals surface area contributed by atoms with E-state index in [-0.39, 0.29) is 0 Å². The Morgan fingerprint density at radius 2 is 1.76 bits per heavy atom. The summed E-state index contributed by atoms with van der Waals surface area (Å²) >= 11 is 5.45. The number of nitrogens with one attached hydrogen (secondary N) is 1. The lowest BCUT2D eigenvalue weighted by Crippen LogP contribution is -2.36. The van der Waals surface area contributed by atoms with Gasteiger partial charge in [0, 0.05) is 21.2 Å². The Kier molecular flexibility index (Phi) is 11.3. The van der Waals surface area contributed by atoms with Crippen LogP contribution in [0.5, 0.6) is 0 Å². The van der Waals surface area contributed by atoms with Crippen molar-refractivity contribution in [2.45, 2.75) is 69.2 Å². The summed E-state index contributed by atoms with van der Waals surface area (Å²) in [7, 11) is 0. The van der Waals surface area contributed by atoms with Crippen molar-refractivity contribution in [3.63, 3.8) is 0 Å². The minimum Gasteiger partial charge on any atom is -0.271 e. The van der Waals surface area contributed by atoms with Crippen molar-refractivity contribution in [2.24, 2.45) is 5.84 Å². The molecule has 0 aliphatic heterocycles. The molecular formula is C17H29BrN2S. The van der Waals surface area contributed by atoms with Gasteiger partial charge in [-0.25, -0.2) is 0 Å². The van der Waals surface area contributed by atoms with Gasteiger partial charge < -0.3 is 0 Å². The largest absolute Gasteiger partial charge is 0.271 e. The fraction of sp³-hybridized carbons (Fsp3) is 0.647. The topological polar surface area (TPSA) is 38.0 Å². The Balaban J connectivity index is 2.13. The van der Waals surface area contributed by atoms with Crippen LogP contribution in [0.4, 0.5) is 0 Å². The highest BCUT2D eigenvalue weighted by atomic mass is 79.9. The molecule has 1 aromatic carbocycles. The third-order valence-corrected chi connectivity index (χ3v) is 5.86. The molecule has 0 bridgehead atoms.